The molecule has 6 heteroatoms. The van der Waals surface area contributed by atoms with E-state index in [4.69, 9.17) is 4.74 Å². The molecule has 1 amide bonds. The third-order valence-corrected chi connectivity index (χ3v) is 2.94. The summed E-state index contributed by atoms with van der Waals surface area (Å²) in [7, 11) is 0. The molecule has 2 aromatic carbocycles. The van der Waals surface area contributed by atoms with Crippen molar-refractivity contribution in [1.29, 1.82) is 0 Å². The predicted molar refractivity (Wildman–Crippen MR) is 76.1 cm³/mol. The van der Waals surface area contributed by atoms with Crippen LogP contribution in [-0.2, 0) is 4.79 Å². The van der Waals surface area contributed by atoms with Crippen LogP contribution in [0.4, 0.5) is 18.9 Å². The second-order valence-electron chi connectivity index (χ2n) is 4.58. The fourth-order valence-electron chi connectivity index (χ4n) is 1.80. The zero-order valence-electron chi connectivity index (χ0n) is 11.8. The van der Waals surface area contributed by atoms with E-state index in [0.717, 1.165) is 12.1 Å². The maximum Gasteiger partial charge on any atom is 0.265 e. The topological polar surface area (TPSA) is 38.3 Å². The molecule has 0 aromatic heterocycles. The van der Waals surface area contributed by atoms with E-state index >= 15 is 0 Å². The minimum atomic E-state index is -0.880. The van der Waals surface area contributed by atoms with Crippen LogP contribution in [0.3, 0.4) is 0 Å². The number of carbonyl (C=O) groups excluding carboxylic acids is 1. The van der Waals surface area contributed by atoms with E-state index in [-0.39, 0.29) is 5.69 Å². The van der Waals surface area contributed by atoms with Gasteiger partial charge in [0.2, 0.25) is 0 Å². The Morgan fingerprint density at radius 1 is 1.09 bits per heavy atom. The van der Waals surface area contributed by atoms with Gasteiger partial charge in [-0.15, -0.1) is 0 Å². The number of halogens is 3. The van der Waals surface area contributed by atoms with E-state index in [9.17, 15) is 18.0 Å². The van der Waals surface area contributed by atoms with Gasteiger partial charge in [0.15, 0.2) is 6.10 Å². The molecule has 116 valence electrons. The minimum absolute atomic E-state index is 0.132. The molecule has 0 heterocycles. The summed E-state index contributed by atoms with van der Waals surface area (Å²) >= 11 is 0. The van der Waals surface area contributed by atoms with Gasteiger partial charge >= 0.3 is 0 Å². The summed E-state index contributed by atoms with van der Waals surface area (Å²) in [4.78, 5) is 12.1. The van der Waals surface area contributed by atoms with E-state index in [1.165, 1.54) is 24.3 Å². The number of rotatable bonds is 5. The van der Waals surface area contributed by atoms with Crippen molar-refractivity contribution in [3.63, 3.8) is 0 Å². The second kappa shape index (κ2) is 6.98. The Morgan fingerprint density at radius 2 is 1.73 bits per heavy atom. The standard InChI is InChI=1S/C16H14F3NO2/c1-2-15(22-12-6-3-10(17)4-7-12)16(21)20-14-8-5-11(18)9-13(14)19/h3-9,15H,2H2,1H3,(H,20,21)/t15-/m0/s1. The molecule has 3 nitrogen and oxygen atoms in total. The van der Waals surface area contributed by atoms with E-state index in [0.29, 0.717) is 18.2 Å². The van der Waals surface area contributed by atoms with Gasteiger partial charge < -0.3 is 10.1 Å². The van der Waals surface area contributed by atoms with Gasteiger partial charge in [-0.2, -0.15) is 0 Å². The smallest absolute Gasteiger partial charge is 0.265 e. The largest absolute Gasteiger partial charge is 0.481 e. The van der Waals surface area contributed by atoms with Crippen molar-refractivity contribution in [2.45, 2.75) is 19.4 Å². The summed E-state index contributed by atoms with van der Waals surface area (Å²) in [6.45, 7) is 1.72. The number of amides is 1. The number of benzene rings is 2. The maximum atomic E-state index is 13.5. The van der Waals surface area contributed by atoms with Crippen LogP contribution < -0.4 is 10.1 Å². The van der Waals surface area contributed by atoms with Gasteiger partial charge in [0, 0.05) is 6.07 Å². The monoisotopic (exact) mass is 309 g/mol. The molecule has 1 atom stereocenters. The Labute approximate surface area is 125 Å². The molecule has 0 radical (unpaired) electrons. The van der Waals surface area contributed by atoms with E-state index in [1.54, 1.807) is 6.92 Å². The molecular weight excluding hydrogens is 295 g/mol. The fraction of sp³-hybridized carbons (Fsp3) is 0.188. The highest BCUT2D eigenvalue weighted by atomic mass is 19.1. The molecule has 2 rings (SSSR count). The average molecular weight is 309 g/mol. The Kier molecular flexibility index (Phi) is 5.04. The summed E-state index contributed by atoms with van der Waals surface area (Å²) < 4.78 is 44.6. The van der Waals surface area contributed by atoms with E-state index in [1.807, 2.05) is 0 Å². The first-order valence-corrected chi connectivity index (χ1v) is 6.67. The molecule has 0 unspecified atom stereocenters. The molecule has 0 saturated carbocycles. The molecule has 0 aliphatic heterocycles. The fourth-order valence-corrected chi connectivity index (χ4v) is 1.80. The van der Waals surface area contributed by atoms with Crippen LogP contribution in [0.2, 0.25) is 0 Å². The van der Waals surface area contributed by atoms with Crippen LogP contribution in [0.5, 0.6) is 5.75 Å². The number of hydrogen-bond donors (Lipinski definition) is 1. The Bertz CT molecular complexity index is 659. The molecule has 0 aliphatic rings. The van der Waals surface area contributed by atoms with E-state index in [2.05, 4.69) is 5.32 Å². The molecule has 0 fully saturated rings. The molecule has 1 N–H and O–H groups in total. The van der Waals surface area contributed by atoms with Crippen LogP contribution in [0.15, 0.2) is 42.5 Å². The second-order valence-corrected chi connectivity index (χ2v) is 4.58. The van der Waals surface area contributed by atoms with Crippen molar-refractivity contribution in [2.24, 2.45) is 0 Å². The van der Waals surface area contributed by atoms with Gasteiger partial charge in [-0.25, -0.2) is 13.2 Å². The van der Waals surface area contributed by atoms with Gasteiger partial charge in [-0.05, 0) is 42.8 Å². The minimum Gasteiger partial charge on any atom is -0.481 e. The van der Waals surface area contributed by atoms with Gasteiger partial charge in [-0.1, -0.05) is 6.92 Å². The number of carbonyl (C=O) groups is 1. The van der Waals surface area contributed by atoms with Crippen LogP contribution in [0, 0.1) is 17.5 Å². The highest BCUT2D eigenvalue weighted by Crippen LogP contribution is 2.18. The first-order chi connectivity index (χ1) is 10.5. The zero-order valence-corrected chi connectivity index (χ0v) is 11.8. The van der Waals surface area contributed by atoms with Crippen molar-refractivity contribution < 1.29 is 22.7 Å². The molecule has 0 saturated heterocycles. The van der Waals surface area contributed by atoms with Crippen LogP contribution in [-0.4, -0.2) is 12.0 Å². The summed E-state index contributed by atoms with van der Waals surface area (Å²) in [5.41, 5.74) is -0.132. The lowest BCUT2D eigenvalue weighted by atomic mass is 10.2. The zero-order chi connectivity index (χ0) is 16.1. The quantitative estimate of drug-likeness (QED) is 0.909. The van der Waals surface area contributed by atoms with Gasteiger partial charge in [0.05, 0.1) is 5.69 Å². The molecular formula is C16H14F3NO2. The number of ether oxygens (including phenoxy) is 1. The lowest BCUT2D eigenvalue weighted by molar-refractivity contribution is -0.122. The summed E-state index contributed by atoms with van der Waals surface area (Å²) in [6.07, 6.45) is -0.554. The highest BCUT2D eigenvalue weighted by Gasteiger charge is 2.20. The van der Waals surface area contributed by atoms with Crippen molar-refractivity contribution in [3.05, 3.63) is 59.9 Å². The van der Waals surface area contributed by atoms with Gasteiger partial charge in [0.25, 0.3) is 5.91 Å². The molecule has 0 bridgehead atoms. The lowest BCUT2D eigenvalue weighted by Gasteiger charge is -2.17. The molecule has 2 aromatic rings. The van der Waals surface area contributed by atoms with Crippen molar-refractivity contribution in [3.8, 4) is 5.75 Å². The van der Waals surface area contributed by atoms with Gasteiger partial charge in [-0.3, -0.25) is 4.79 Å². The van der Waals surface area contributed by atoms with Crippen molar-refractivity contribution in [2.75, 3.05) is 5.32 Å². The average Bonchev–Trinajstić information content (AvgIpc) is 2.49. The Hall–Kier alpha value is -2.50. The number of nitrogens with one attached hydrogen (secondary N) is 1. The van der Waals surface area contributed by atoms with Crippen molar-refractivity contribution >= 4 is 11.6 Å². The first-order valence-electron chi connectivity index (χ1n) is 6.67. The molecule has 0 spiro atoms. The number of hydrogen-bond acceptors (Lipinski definition) is 2. The van der Waals surface area contributed by atoms with Gasteiger partial charge in [0.1, 0.15) is 23.2 Å². The third-order valence-electron chi connectivity index (χ3n) is 2.94. The van der Waals surface area contributed by atoms with Crippen LogP contribution >= 0.6 is 0 Å². The highest BCUT2D eigenvalue weighted by molar-refractivity contribution is 5.94. The third kappa shape index (κ3) is 4.00. The normalized spacial score (nSPS) is 11.8. The van der Waals surface area contributed by atoms with Crippen LogP contribution in [0.25, 0.3) is 0 Å². The summed E-state index contributed by atoms with van der Waals surface area (Å²) in [5, 5.41) is 2.34. The SMILES string of the molecule is CC[C@H](Oc1ccc(F)cc1)C(=O)Nc1ccc(F)cc1F. The summed E-state index contributed by atoms with van der Waals surface area (Å²) in [6, 6.07) is 8.05. The van der Waals surface area contributed by atoms with Crippen molar-refractivity contribution in [1.82, 2.24) is 0 Å². The van der Waals surface area contributed by atoms with E-state index < -0.39 is 29.5 Å². The van der Waals surface area contributed by atoms with Crippen LogP contribution in [0.1, 0.15) is 13.3 Å². The lowest BCUT2D eigenvalue weighted by Crippen LogP contribution is -2.32. The predicted octanol–water partition coefficient (Wildman–Crippen LogP) is 3.90. The number of anilines is 1. The summed E-state index contributed by atoms with van der Waals surface area (Å²) in [5.74, 6) is -2.27. The molecule has 22 heavy (non-hydrogen) atoms. The Balaban J connectivity index is 2.06. The molecule has 0 aliphatic carbocycles. The maximum absolute atomic E-state index is 13.5. The Morgan fingerprint density at radius 3 is 2.32 bits per heavy atom. The first kappa shape index (κ1) is 15.9.